The summed E-state index contributed by atoms with van der Waals surface area (Å²) >= 11 is 0. The van der Waals surface area contributed by atoms with Crippen LogP contribution >= 0.6 is 0 Å². The maximum Gasteiger partial charge on any atom is 0.153 e. The fourth-order valence-corrected chi connectivity index (χ4v) is 2.09. The molecule has 0 N–H and O–H groups in total. The Bertz CT molecular complexity index is 431. The molecule has 1 heterocycles. The van der Waals surface area contributed by atoms with Crippen molar-refractivity contribution in [1.82, 2.24) is 0 Å². The highest BCUT2D eigenvalue weighted by molar-refractivity contribution is 5.88. The monoisotopic (exact) mass is 223 g/mol. The second-order valence-corrected chi connectivity index (χ2v) is 3.98. The number of carbonyl (C=O) groups is 1. The molecule has 0 atom stereocenters. The number of nitrogens with zero attached hydrogens (tertiary/aromatic N) is 1. The van der Waals surface area contributed by atoms with Gasteiger partial charge in [-0.2, -0.15) is 0 Å². The largest absolute Gasteiger partial charge is 0.494 e. The fraction of sp³-hybridized carbons (Fsp3) is 0.417. The molecule has 0 amide bonds. The van der Waals surface area contributed by atoms with Crippen LogP contribution in [0.3, 0.4) is 0 Å². The van der Waals surface area contributed by atoms with Gasteiger partial charge in [0.1, 0.15) is 11.6 Å². The second-order valence-electron chi connectivity index (χ2n) is 3.98. The second kappa shape index (κ2) is 4.12. The van der Waals surface area contributed by atoms with E-state index in [1.165, 1.54) is 19.2 Å². The van der Waals surface area contributed by atoms with E-state index in [0.717, 1.165) is 11.3 Å². The van der Waals surface area contributed by atoms with Crippen LogP contribution in [-0.2, 0) is 4.79 Å². The number of aryl methyl sites for hydroxylation is 1. The molecule has 86 valence electrons. The van der Waals surface area contributed by atoms with Gasteiger partial charge in [0.05, 0.1) is 19.3 Å². The molecule has 1 aliphatic heterocycles. The van der Waals surface area contributed by atoms with Crippen molar-refractivity contribution in [2.45, 2.75) is 13.3 Å². The number of ketones is 1. The van der Waals surface area contributed by atoms with Gasteiger partial charge in [0, 0.05) is 19.0 Å². The molecule has 1 aromatic rings. The van der Waals surface area contributed by atoms with Gasteiger partial charge >= 0.3 is 0 Å². The molecule has 1 fully saturated rings. The number of hydrogen-bond donors (Lipinski definition) is 0. The molecule has 0 unspecified atom stereocenters. The molecule has 0 radical (unpaired) electrons. The number of carbonyl (C=O) groups excluding carboxylic acids is 1. The first-order chi connectivity index (χ1) is 7.61. The van der Waals surface area contributed by atoms with Crippen molar-refractivity contribution in [3.05, 3.63) is 23.5 Å². The fourth-order valence-electron chi connectivity index (χ4n) is 2.09. The van der Waals surface area contributed by atoms with Gasteiger partial charge < -0.3 is 9.64 Å². The van der Waals surface area contributed by atoms with Gasteiger partial charge in [0.15, 0.2) is 5.78 Å². The lowest BCUT2D eigenvalue weighted by molar-refractivity contribution is -0.116. The molecule has 2 rings (SSSR count). The van der Waals surface area contributed by atoms with Crippen molar-refractivity contribution in [3.8, 4) is 5.75 Å². The Morgan fingerprint density at radius 2 is 2.19 bits per heavy atom. The molecule has 3 nitrogen and oxygen atoms in total. The third kappa shape index (κ3) is 1.87. The van der Waals surface area contributed by atoms with Gasteiger partial charge in [-0.3, -0.25) is 4.79 Å². The highest BCUT2D eigenvalue weighted by atomic mass is 19.1. The number of rotatable bonds is 2. The molecule has 16 heavy (non-hydrogen) atoms. The van der Waals surface area contributed by atoms with E-state index in [4.69, 9.17) is 4.74 Å². The Labute approximate surface area is 93.8 Å². The summed E-state index contributed by atoms with van der Waals surface area (Å²) in [5.41, 5.74) is 1.63. The molecular formula is C12H14FNO2. The van der Waals surface area contributed by atoms with Gasteiger partial charge in [-0.05, 0) is 18.6 Å². The van der Waals surface area contributed by atoms with E-state index in [0.29, 0.717) is 25.3 Å². The smallest absolute Gasteiger partial charge is 0.153 e. The van der Waals surface area contributed by atoms with E-state index in [2.05, 4.69) is 0 Å². The highest BCUT2D eigenvalue weighted by Crippen LogP contribution is 2.34. The lowest BCUT2D eigenvalue weighted by atomic mass is 10.1. The molecule has 0 bridgehead atoms. The third-order valence-corrected chi connectivity index (χ3v) is 2.79. The summed E-state index contributed by atoms with van der Waals surface area (Å²) in [6.07, 6.45) is 0.556. The van der Waals surface area contributed by atoms with Crippen LogP contribution in [0.5, 0.6) is 5.75 Å². The lowest BCUT2D eigenvalue weighted by Gasteiger charge is -2.22. The molecular weight excluding hydrogens is 209 g/mol. The molecule has 0 spiro atoms. The molecule has 0 aromatic heterocycles. The van der Waals surface area contributed by atoms with E-state index >= 15 is 0 Å². The zero-order chi connectivity index (χ0) is 11.7. The van der Waals surface area contributed by atoms with E-state index in [-0.39, 0.29) is 11.6 Å². The molecule has 1 saturated heterocycles. The Balaban J connectivity index is 2.42. The number of hydrogen-bond acceptors (Lipinski definition) is 3. The van der Waals surface area contributed by atoms with Crippen LogP contribution in [0.4, 0.5) is 10.1 Å². The van der Waals surface area contributed by atoms with Crippen LogP contribution in [0.25, 0.3) is 0 Å². The summed E-state index contributed by atoms with van der Waals surface area (Å²) in [5, 5.41) is 0. The minimum Gasteiger partial charge on any atom is -0.494 e. The number of Topliss-reactive ketones (excluding diaryl/α,β-unsaturated/α-hetero) is 1. The number of halogens is 1. The maximum absolute atomic E-state index is 13.2. The predicted octanol–water partition coefficient (Wildman–Crippen LogP) is 1.92. The Morgan fingerprint density at radius 1 is 1.44 bits per heavy atom. The SMILES string of the molecule is COc1cc(F)cc(C)c1N1CCC(=O)C1. The number of benzene rings is 1. The summed E-state index contributed by atoms with van der Waals surface area (Å²) in [7, 11) is 1.51. The zero-order valence-electron chi connectivity index (χ0n) is 9.42. The summed E-state index contributed by atoms with van der Waals surface area (Å²) in [5.74, 6) is 0.390. The molecule has 0 saturated carbocycles. The van der Waals surface area contributed by atoms with Crippen molar-refractivity contribution < 1.29 is 13.9 Å². The average Bonchev–Trinajstić information content (AvgIpc) is 2.63. The molecule has 1 aliphatic rings. The summed E-state index contributed by atoms with van der Waals surface area (Å²) in [6, 6.07) is 2.81. The van der Waals surface area contributed by atoms with Crippen LogP contribution in [0.15, 0.2) is 12.1 Å². The van der Waals surface area contributed by atoms with Gasteiger partial charge in [-0.25, -0.2) is 4.39 Å². The van der Waals surface area contributed by atoms with Gasteiger partial charge in [-0.15, -0.1) is 0 Å². The van der Waals surface area contributed by atoms with Gasteiger partial charge in [0.2, 0.25) is 0 Å². The molecule has 1 aromatic carbocycles. The normalized spacial score (nSPS) is 15.7. The van der Waals surface area contributed by atoms with E-state index < -0.39 is 0 Å². The van der Waals surface area contributed by atoms with Crippen LogP contribution < -0.4 is 9.64 Å². The summed E-state index contributed by atoms with van der Waals surface area (Å²) in [6.45, 7) is 2.90. The third-order valence-electron chi connectivity index (χ3n) is 2.79. The maximum atomic E-state index is 13.2. The zero-order valence-corrected chi connectivity index (χ0v) is 9.42. The van der Waals surface area contributed by atoms with Crippen LogP contribution in [0, 0.1) is 12.7 Å². The first kappa shape index (κ1) is 10.9. The van der Waals surface area contributed by atoms with Crippen molar-refractivity contribution in [2.24, 2.45) is 0 Å². The lowest BCUT2D eigenvalue weighted by Crippen LogP contribution is -2.21. The highest BCUT2D eigenvalue weighted by Gasteiger charge is 2.24. The number of methoxy groups -OCH3 is 1. The van der Waals surface area contributed by atoms with Gasteiger partial charge in [-0.1, -0.05) is 0 Å². The Hall–Kier alpha value is -1.58. The summed E-state index contributed by atoms with van der Waals surface area (Å²) in [4.78, 5) is 13.2. The standard InChI is InChI=1S/C12H14FNO2/c1-8-5-9(13)6-11(16-2)12(8)14-4-3-10(15)7-14/h5-6H,3-4,7H2,1-2H3. The van der Waals surface area contributed by atoms with Gasteiger partial charge in [0.25, 0.3) is 0 Å². The van der Waals surface area contributed by atoms with Crippen molar-refractivity contribution in [1.29, 1.82) is 0 Å². The first-order valence-corrected chi connectivity index (χ1v) is 5.22. The number of ether oxygens (including phenoxy) is 1. The molecule has 0 aliphatic carbocycles. The number of anilines is 1. The first-order valence-electron chi connectivity index (χ1n) is 5.22. The van der Waals surface area contributed by atoms with Crippen LogP contribution in [-0.4, -0.2) is 26.0 Å². The van der Waals surface area contributed by atoms with Crippen LogP contribution in [0.2, 0.25) is 0 Å². The van der Waals surface area contributed by atoms with E-state index in [1.54, 1.807) is 0 Å². The predicted molar refractivity (Wildman–Crippen MR) is 59.5 cm³/mol. The summed E-state index contributed by atoms with van der Waals surface area (Å²) < 4.78 is 18.4. The topological polar surface area (TPSA) is 29.5 Å². The molecule has 4 heteroatoms. The Kier molecular flexibility index (Phi) is 2.81. The van der Waals surface area contributed by atoms with Crippen molar-refractivity contribution in [3.63, 3.8) is 0 Å². The minimum atomic E-state index is -0.316. The van der Waals surface area contributed by atoms with E-state index in [9.17, 15) is 9.18 Å². The van der Waals surface area contributed by atoms with Crippen LogP contribution in [0.1, 0.15) is 12.0 Å². The average molecular weight is 223 g/mol. The quantitative estimate of drug-likeness (QED) is 0.767. The Morgan fingerprint density at radius 3 is 2.75 bits per heavy atom. The van der Waals surface area contributed by atoms with Crippen molar-refractivity contribution >= 4 is 11.5 Å². The minimum absolute atomic E-state index is 0.214. The van der Waals surface area contributed by atoms with E-state index in [1.807, 2.05) is 11.8 Å². The van der Waals surface area contributed by atoms with Crippen molar-refractivity contribution in [2.75, 3.05) is 25.1 Å².